The second-order valence-corrected chi connectivity index (χ2v) is 7.27. The molecule has 2 N–H and O–H groups in total. The first-order valence-electron chi connectivity index (χ1n) is 8.10. The Hall–Kier alpha value is -1.26. The van der Waals surface area contributed by atoms with E-state index in [0.29, 0.717) is 31.8 Å². The third-order valence-electron chi connectivity index (χ3n) is 5.60. The third kappa shape index (κ3) is 3.69. The Morgan fingerprint density at radius 3 is 2.29 bits per heavy atom. The van der Waals surface area contributed by atoms with Crippen LogP contribution in [0.2, 0.25) is 0 Å². The molecule has 1 saturated carbocycles. The standard InChI is InChI=1S/C16H28N2O3/c1-11-4-5-13(10-12(11)2)17-15(21)18-8-6-16(3,7-9-18)14(19)20/h11-13H,4-10H2,1-3H3,(H,17,21)(H,19,20). The molecule has 1 aliphatic heterocycles. The maximum absolute atomic E-state index is 12.3. The summed E-state index contributed by atoms with van der Waals surface area (Å²) >= 11 is 0. The molecule has 0 spiro atoms. The zero-order chi connectivity index (χ0) is 15.6. The van der Waals surface area contributed by atoms with Gasteiger partial charge in [-0.1, -0.05) is 13.8 Å². The average molecular weight is 296 g/mol. The van der Waals surface area contributed by atoms with E-state index in [0.717, 1.165) is 18.8 Å². The molecule has 1 heterocycles. The van der Waals surface area contributed by atoms with E-state index >= 15 is 0 Å². The molecule has 5 heteroatoms. The topological polar surface area (TPSA) is 69.6 Å². The number of urea groups is 1. The monoisotopic (exact) mass is 296 g/mol. The molecule has 0 aromatic carbocycles. The number of piperidine rings is 1. The summed E-state index contributed by atoms with van der Waals surface area (Å²) in [6.07, 6.45) is 4.34. The van der Waals surface area contributed by atoms with Crippen molar-refractivity contribution in [2.24, 2.45) is 17.3 Å². The second-order valence-electron chi connectivity index (χ2n) is 7.27. The number of nitrogens with zero attached hydrogens (tertiary/aromatic N) is 1. The first-order valence-corrected chi connectivity index (χ1v) is 8.10. The maximum atomic E-state index is 12.3. The lowest BCUT2D eigenvalue weighted by atomic mass is 9.79. The zero-order valence-corrected chi connectivity index (χ0v) is 13.4. The molecule has 1 saturated heterocycles. The van der Waals surface area contributed by atoms with Crippen molar-refractivity contribution in [3.8, 4) is 0 Å². The molecule has 3 atom stereocenters. The summed E-state index contributed by atoms with van der Waals surface area (Å²) in [6.45, 7) is 7.37. The molecular formula is C16H28N2O3. The highest BCUT2D eigenvalue weighted by atomic mass is 16.4. The van der Waals surface area contributed by atoms with Crippen molar-refractivity contribution in [3.63, 3.8) is 0 Å². The van der Waals surface area contributed by atoms with E-state index in [9.17, 15) is 14.7 Å². The Bertz CT molecular complexity index is 402. The molecule has 0 bridgehead atoms. The molecule has 2 rings (SSSR count). The van der Waals surface area contributed by atoms with Gasteiger partial charge in [0.1, 0.15) is 0 Å². The van der Waals surface area contributed by atoms with E-state index in [4.69, 9.17) is 0 Å². The van der Waals surface area contributed by atoms with Crippen LogP contribution in [0.4, 0.5) is 4.79 Å². The van der Waals surface area contributed by atoms with Gasteiger partial charge < -0.3 is 15.3 Å². The highest BCUT2D eigenvalue weighted by Crippen LogP contribution is 2.32. The van der Waals surface area contributed by atoms with E-state index < -0.39 is 11.4 Å². The zero-order valence-electron chi connectivity index (χ0n) is 13.4. The number of rotatable bonds is 2. The number of aliphatic carboxylic acids is 1. The van der Waals surface area contributed by atoms with E-state index in [1.165, 1.54) is 6.42 Å². The fraction of sp³-hybridized carbons (Fsp3) is 0.875. The third-order valence-corrected chi connectivity index (χ3v) is 5.60. The average Bonchev–Trinajstić information content (AvgIpc) is 2.43. The number of carboxylic acids is 1. The predicted octanol–water partition coefficient (Wildman–Crippen LogP) is 2.71. The van der Waals surface area contributed by atoms with Gasteiger partial charge in [-0.15, -0.1) is 0 Å². The van der Waals surface area contributed by atoms with E-state index in [1.54, 1.807) is 11.8 Å². The Labute approximate surface area is 127 Å². The Morgan fingerprint density at radius 1 is 1.14 bits per heavy atom. The van der Waals surface area contributed by atoms with Crippen LogP contribution < -0.4 is 5.32 Å². The normalized spacial score (nSPS) is 32.5. The molecule has 21 heavy (non-hydrogen) atoms. The van der Waals surface area contributed by atoms with Crippen molar-refractivity contribution in [1.29, 1.82) is 0 Å². The van der Waals surface area contributed by atoms with Gasteiger partial charge in [0.2, 0.25) is 0 Å². The number of likely N-dealkylation sites (tertiary alicyclic amines) is 1. The van der Waals surface area contributed by atoms with Crippen molar-refractivity contribution in [2.75, 3.05) is 13.1 Å². The van der Waals surface area contributed by atoms with Gasteiger partial charge in [0, 0.05) is 19.1 Å². The predicted molar refractivity (Wildman–Crippen MR) is 81.0 cm³/mol. The largest absolute Gasteiger partial charge is 0.481 e. The van der Waals surface area contributed by atoms with E-state index in [1.807, 2.05) is 0 Å². The summed E-state index contributed by atoms with van der Waals surface area (Å²) in [5.74, 6) is 0.641. The molecule has 2 aliphatic rings. The molecule has 2 fully saturated rings. The van der Waals surface area contributed by atoms with Crippen LogP contribution in [0.25, 0.3) is 0 Å². The van der Waals surface area contributed by atoms with Crippen LogP contribution in [-0.2, 0) is 4.79 Å². The maximum Gasteiger partial charge on any atom is 0.317 e. The first kappa shape index (κ1) is 16.1. The molecule has 0 aromatic rings. The molecule has 0 radical (unpaired) electrons. The lowest BCUT2D eigenvalue weighted by Crippen LogP contribution is -2.51. The quantitative estimate of drug-likeness (QED) is 0.823. The van der Waals surface area contributed by atoms with Crippen molar-refractivity contribution in [3.05, 3.63) is 0 Å². The van der Waals surface area contributed by atoms with E-state index in [-0.39, 0.29) is 12.1 Å². The number of nitrogens with one attached hydrogen (secondary N) is 1. The second kappa shape index (κ2) is 6.24. The van der Waals surface area contributed by atoms with Crippen LogP contribution in [0.1, 0.15) is 52.9 Å². The van der Waals surface area contributed by atoms with Gasteiger partial charge in [-0.05, 0) is 50.9 Å². The highest BCUT2D eigenvalue weighted by molar-refractivity contribution is 5.77. The number of hydrogen-bond acceptors (Lipinski definition) is 2. The molecule has 120 valence electrons. The Kier molecular flexibility index (Phi) is 4.79. The van der Waals surface area contributed by atoms with Crippen LogP contribution in [0.5, 0.6) is 0 Å². The lowest BCUT2D eigenvalue weighted by molar-refractivity contribution is -0.150. The fourth-order valence-corrected chi connectivity index (χ4v) is 3.36. The molecule has 5 nitrogen and oxygen atoms in total. The summed E-state index contributed by atoms with van der Waals surface area (Å²) in [6, 6.07) is 0.255. The minimum atomic E-state index is -0.752. The van der Waals surface area contributed by atoms with Crippen molar-refractivity contribution in [2.45, 2.75) is 58.9 Å². The smallest absolute Gasteiger partial charge is 0.317 e. The van der Waals surface area contributed by atoms with Crippen molar-refractivity contribution in [1.82, 2.24) is 10.2 Å². The fourth-order valence-electron chi connectivity index (χ4n) is 3.36. The summed E-state index contributed by atoms with van der Waals surface area (Å²) < 4.78 is 0. The van der Waals surface area contributed by atoms with Crippen LogP contribution in [0.3, 0.4) is 0 Å². The van der Waals surface area contributed by atoms with Crippen molar-refractivity contribution < 1.29 is 14.7 Å². The number of carbonyl (C=O) groups excluding carboxylic acids is 1. The molecule has 1 aliphatic carbocycles. The van der Waals surface area contributed by atoms with Gasteiger partial charge in [-0.2, -0.15) is 0 Å². The van der Waals surface area contributed by atoms with Crippen molar-refractivity contribution >= 4 is 12.0 Å². The minimum absolute atomic E-state index is 0.0193. The Balaban J connectivity index is 1.81. The number of carboxylic acid groups (broad SMARTS) is 1. The first-order chi connectivity index (χ1) is 9.82. The molecule has 2 amide bonds. The molecule has 3 unspecified atom stereocenters. The summed E-state index contributed by atoms with van der Waals surface area (Å²) in [4.78, 5) is 25.3. The van der Waals surface area contributed by atoms with Gasteiger partial charge in [0.15, 0.2) is 0 Å². The summed E-state index contributed by atoms with van der Waals surface area (Å²) in [5.41, 5.74) is -0.675. The van der Waals surface area contributed by atoms with Gasteiger partial charge in [0.25, 0.3) is 0 Å². The number of hydrogen-bond donors (Lipinski definition) is 2. The van der Waals surface area contributed by atoms with Gasteiger partial charge in [0.05, 0.1) is 5.41 Å². The number of carbonyl (C=O) groups is 2. The van der Waals surface area contributed by atoms with Gasteiger partial charge in [-0.25, -0.2) is 4.79 Å². The summed E-state index contributed by atoms with van der Waals surface area (Å²) in [7, 11) is 0. The Morgan fingerprint density at radius 2 is 1.76 bits per heavy atom. The van der Waals surface area contributed by atoms with Crippen LogP contribution in [-0.4, -0.2) is 41.1 Å². The lowest BCUT2D eigenvalue weighted by Gasteiger charge is -2.38. The molecule has 0 aromatic heterocycles. The molecular weight excluding hydrogens is 268 g/mol. The number of amides is 2. The van der Waals surface area contributed by atoms with Crippen LogP contribution in [0.15, 0.2) is 0 Å². The summed E-state index contributed by atoms with van der Waals surface area (Å²) in [5, 5.41) is 12.4. The van der Waals surface area contributed by atoms with Crippen LogP contribution in [0, 0.1) is 17.3 Å². The highest BCUT2D eigenvalue weighted by Gasteiger charge is 2.38. The SMILES string of the molecule is CC1CCC(NC(=O)N2CCC(C)(C(=O)O)CC2)CC1C. The van der Waals surface area contributed by atoms with E-state index in [2.05, 4.69) is 19.2 Å². The minimum Gasteiger partial charge on any atom is -0.481 e. The van der Waals surface area contributed by atoms with Gasteiger partial charge in [-0.3, -0.25) is 4.79 Å². The van der Waals surface area contributed by atoms with Gasteiger partial charge >= 0.3 is 12.0 Å². The van der Waals surface area contributed by atoms with Crippen LogP contribution >= 0.6 is 0 Å².